The summed E-state index contributed by atoms with van der Waals surface area (Å²) in [4.78, 5) is 4.27. The van der Waals surface area contributed by atoms with E-state index < -0.39 is 6.29 Å². The van der Waals surface area contributed by atoms with Crippen molar-refractivity contribution in [2.75, 3.05) is 6.61 Å². The second-order valence-electron chi connectivity index (χ2n) is 5.66. The second-order valence-corrected chi connectivity index (χ2v) is 5.66. The number of aliphatic hydroxyl groups is 1. The lowest BCUT2D eigenvalue weighted by Crippen LogP contribution is -2.06. The van der Waals surface area contributed by atoms with Crippen molar-refractivity contribution in [2.45, 2.75) is 26.7 Å². The maximum absolute atomic E-state index is 9.97. The topological polar surface area (TPSA) is 56.5 Å². The summed E-state index contributed by atoms with van der Waals surface area (Å²) in [5.41, 5.74) is 3.46. The van der Waals surface area contributed by atoms with Gasteiger partial charge in [0.25, 0.3) is 0 Å². The normalized spacial score (nSPS) is 12.1. The van der Waals surface area contributed by atoms with Crippen molar-refractivity contribution in [2.24, 2.45) is 0 Å². The summed E-state index contributed by atoms with van der Waals surface area (Å²) in [7, 11) is 0. The van der Waals surface area contributed by atoms with Gasteiger partial charge in [0.05, 0.1) is 6.33 Å². The monoisotopic (exact) mass is 338 g/mol. The van der Waals surface area contributed by atoms with Crippen molar-refractivity contribution < 1.29 is 14.6 Å². The fraction of sp³-hybridized carbons (Fsp3) is 0.250. The first-order valence-corrected chi connectivity index (χ1v) is 8.29. The van der Waals surface area contributed by atoms with Crippen LogP contribution in [0.1, 0.15) is 30.2 Å². The van der Waals surface area contributed by atoms with Crippen molar-refractivity contribution >= 4 is 0 Å². The predicted molar refractivity (Wildman–Crippen MR) is 95.7 cm³/mol. The van der Waals surface area contributed by atoms with Crippen LogP contribution >= 0.6 is 0 Å². The molecule has 5 heteroatoms. The molecule has 0 bridgehead atoms. The van der Waals surface area contributed by atoms with E-state index >= 15 is 0 Å². The Bertz CT molecular complexity index is 798. The number of nitrogens with zero attached hydrogens (tertiary/aromatic N) is 2. The van der Waals surface area contributed by atoms with Crippen LogP contribution in [0.5, 0.6) is 5.75 Å². The van der Waals surface area contributed by atoms with Crippen molar-refractivity contribution in [3.8, 4) is 11.4 Å². The van der Waals surface area contributed by atoms with Crippen molar-refractivity contribution in [1.82, 2.24) is 9.55 Å². The van der Waals surface area contributed by atoms with Crippen LogP contribution in [0.4, 0.5) is 0 Å². The van der Waals surface area contributed by atoms with Crippen LogP contribution in [0.25, 0.3) is 5.69 Å². The van der Waals surface area contributed by atoms with Crippen LogP contribution in [0, 0.1) is 6.92 Å². The van der Waals surface area contributed by atoms with E-state index in [1.807, 2.05) is 73.0 Å². The van der Waals surface area contributed by atoms with Gasteiger partial charge in [-0.1, -0.05) is 30.3 Å². The third-order valence-corrected chi connectivity index (χ3v) is 3.97. The average molecular weight is 338 g/mol. The zero-order valence-electron chi connectivity index (χ0n) is 14.4. The lowest BCUT2D eigenvalue weighted by molar-refractivity contribution is -0.101. The van der Waals surface area contributed by atoms with E-state index in [1.54, 1.807) is 6.33 Å². The molecule has 3 rings (SSSR count). The highest BCUT2D eigenvalue weighted by atomic mass is 16.6. The molecule has 0 amide bonds. The van der Waals surface area contributed by atoms with Crippen molar-refractivity contribution in [1.29, 1.82) is 0 Å². The van der Waals surface area contributed by atoms with Gasteiger partial charge in [-0.3, -0.25) is 0 Å². The maximum Gasteiger partial charge on any atom is 0.200 e. The summed E-state index contributed by atoms with van der Waals surface area (Å²) in [6.45, 7) is 4.71. The molecule has 5 nitrogen and oxygen atoms in total. The molecule has 1 unspecified atom stereocenters. The Labute approximate surface area is 147 Å². The average Bonchev–Trinajstić information content (AvgIpc) is 3.03. The molecule has 0 aliphatic heterocycles. The molecule has 1 atom stereocenters. The first-order valence-electron chi connectivity index (χ1n) is 8.29. The zero-order valence-corrected chi connectivity index (χ0v) is 14.4. The highest BCUT2D eigenvalue weighted by molar-refractivity contribution is 5.39. The van der Waals surface area contributed by atoms with Gasteiger partial charge in [-0.05, 0) is 43.7 Å². The van der Waals surface area contributed by atoms with E-state index in [0.717, 1.165) is 22.7 Å². The SMILES string of the molecule is CCOC(O)c1ncn(-c2ccc(OCc3ccccc3)cc2)c1C. The Kier molecular flexibility index (Phi) is 5.48. The number of aliphatic hydroxyl groups excluding tert-OH is 1. The zero-order chi connectivity index (χ0) is 17.6. The molecule has 0 spiro atoms. The van der Waals surface area contributed by atoms with E-state index in [1.165, 1.54) is 0 Å². The minimum absolute atomic E-state index is 0.431. The van der Waals surface area contributed by atoms with Gasteiger partial charge >= 0.3 is 0 Å². The third-order valence-electron chi connectivity index (χ3n) is 3.97. The Morgan fingerprint density at radius 3 is 2.48 bits per heavy atom. The fourth-order valence-corrected chi connectivity index (χ4v) is 2.61. The molecular formula is C20H22N2O3. The van der Waals surface area contributed by atoms with E-state index in [4.69, 9.17) is 9.47 Å². The molecule has 130 valence electrons. The minimum atomic E-state index is -1.00. The molecule has 0 aliphatic rings. The highest BCUT2D eigenvalue weighted by Crippen LogP contribution is 2.22. The summed E-state index contributed by atoms with van der Waals surface area (Å²) < 4.78 is 12.9. The number of benzene rings is 2. The van der Waals surface area contributed by atoms with Gasteiger partial charge in [-0.25, -0.2) is 4.98 Å². The number of rotatable bonds is 7. The fourth-order valence-electron chi connectivity index (χ4n) is 2.61. The summed E-state index contributed by atoms with van der Waals surface area (Å²) in [6.07, 6.45) is 0.687. The van der Waals surface area contributed by atoms with Crippen LogP contribution < -0.4 is 4.74 Å². The van der Waals surface area contributed by atoms with Crippen molar-refractivity contribution in [3.05, 3.63) is 77.9 Å². The highest BCUT2D eigenvalue weighted by Gasteiger charge is 2.16. The molecular weight excluding hydrogens is 316 g/mol. The quantitative estimate of drug-likeness (QED) is 0.666. The number of ether oxygens (including phenoxy) is 2. The molecule has 2 aromatic carbocycles. The molecule has 1 N–H and O–H groups in total. The van der Waals surface area contributed by atoms with Gasteiger partial charge in [0, 0.05) is 18.0 Å². The Balaban J connectivity index is 1.70. The van der Waals surface area contributed by atoms with Gasteiger partial charge in [-0.15, -0.1) is 0 Å². The van der Waals surface area contributed by atoms with Crippen LogP contribution in [-0.4, -0.2) is 21.3 Å². The van der Waals surface area contributed by atoms with Crippen LogP contribution in [-0.2, 0) is 11.3 Å². The van der Waals surface area contributed by atoms with Gasteiger partial charge in [0.15, 0.2) is 6.29 Å². The molecule has 3 aromatic rings. The molecule has 0 aliphatic carbocycles. The second kappa shape index (κ2) is 7.96. The van der Waals surface area contributed by atoms with E-state index in [9.17, 15) is 5.11 Å². The van der Waals surface area contributed by atoms with E-state index in [0.29, 0.717) is 18.9 Å². The first kappa shape index (κ1) is 17.2. The van der Waals surface area contributed by atoms with Crippen LogP contribution in [0.15, 0.2) is 60.9 Å². The number of hydrogen-bond donors (Lipinski definition) is 1. The first-order chi connectivity index (χ1) is 12.2. The van der Waals surface area contributed by atoms with E-state index in [2.05, 4.69) is 4.98 Å². The number of imidazole rings is 1. The minimum Gasteiger partial charge on any atom is -0.489 e. The predicted octanol–water partition coefficient (Wildman–Crippen LogP) is 3.79. The molecule has 1 heterocycles. The van der Waals surface area contributed by atoms with E-state index in [-0.39, 0.29) is 0 Å². The summed E-state index contributed by atoms with van der Waals surface area (Å²) in [6, 6.07) is 17.8. The van der Waals surface area contributed by atoms with Crippen LogP contribution in [0.3, 0.4) is 0 Å². The largest absolute Gasteiger partial charge is 0.489 e. The third kappa shape index (κ3) is 4.07. The molecule has 1 aromatic heterocycles. The molecule has 25 heavy (non-hydrogen) atoms. The summed E-state index contributed by atoms with van der Waals surface area (Å²) in [5.74, 6) is 0.806. The van der Waals surface area contributed by atoms with Gasteiger partial charge in [-0.2, -0.15) is 0 Å². The smallest absolute Gasteiger partial charge is 0.200 e. The standard InChI is InChI=1S/C20H22N2O3/c1-3-24-20(23)19-15(2)22(14-21-19)17-9-11-18(12-10-17)25-13-16-7-5-4-6-8-16/h4-12,14,20,23H,3,13H2,1-2H3. The number of hydrogen-bond acceptors (Lipinski definition) is 4. The Morgan fingerprint density at radius 2 is 1.80 bits per heavy atom. The van der Waals surface area contributed by atoms with Gasteiger partial charge in [0.1, 0.15) is 18.1 Å². The van der Waals surface area contributed by atoms with Crippen LogP contribution in [0.2, 0.25) is 0 Å². The summed E-state index contributed by atoms with van der Waals surface area (Å²) in [5, 5.41) is 9.97. The molecule has 0 saturated carbocycles. The van der Waals surface area contributed by atoms with Gasteiger partial charge < -0.3 is 19.1 Å². The lowest BCUT2D eigenvalue weighted by Gasteiger charge is -2.11. The molecule has 0 radical (unpaired) electrons. The molecule has 0 fully saturated rings. The lowest BCUT2D eigenvalue weighted by atomic mass is 10.2. The summed E-state index contributed by atoms with van der Waals surface area (Å²) >= 11 is 0. The van der Waals surface area contributed by atoms with Gasteiger partial charge in [0.2, 0.25) is 0 Å². The maximum atomic E-state index is 9.97. The molecule has 0 saturated heterocycles. The number of aromatic nitrogens is 2. The Hall–Kier alpha value is -2.63. The Morgan fingerprint density at radius 1 is 1.08 bits per heavy atom. The van der Waals surface area contributed by atoms with Crippen molar-refractivity contribution in [3.63, 3.8) is 0 Å².